The summed E-state index contributed by atoms with van der Waals surface area (Å²) in [6, 6.07) is 3.59. The normalized spacial score (nSPS) is 10.2. The Kier molecular flexibility index (Phi) is 5.05. The average molecular weight is 275 g/mol. The van der Waals surface area contributed by atoms with E-state index in [1.165, 1.54) is 0 Å². The minimum absolute atomic E-state index is 0.213. The minimum Gasteiger partial charge on any atom is -0.464 e. The zero-order valence-corrected chi connectivity index (χ0v) is 11.3. The van der Waals surface area contributed by atoms with Crippen LogP contribution in [0.1, 0.15) is 12.0 Å². The zero-order chi connectivity index (χ0) is 14.2. The van der Waals surface area contributed by atoms with Gasteiger partial charge >= 0.3 is 5.97 Å². The molecule has 0 fully saturated rings. The van der Waals surface area contributed by atoms with Gasteiger partial charge in [0.25, 0.3) is 0 Å². The number of anilines is 1. The van der Waals surface area contributed by atoms with Gasteiger partial charge in [-0.05, 0) is 24.1 Å². The number of rotatable bonds is 7. The monoisotopic (exact) mass is 275 g/mol. The molecule has 0 amide bonds. The molecule has 2 aromatic heterocycles. The molecule has 0 spiro atoms. The Morgan fingerprint density at radius 2 is 2.40 bits per heavy atom. The molecule has 2 rings (SSSR count). The van der Waals surface area contributed by atoms with Gasteiger partial charge in [-0.2, -0.15) is 10.2 Å². The number of nitrogens with one attached hydrogen (secondary N) is 1. The third-order valence-electron chi connectivity index (χ3n) is 2.62. The summed E-state index contributed by atoms with van der Waals surface area (Å²) < 4.78 is 6.83. The Bertz CT molecular complexity index is 541. The molecule has 1 N–H and O–H groups in total. The van der Waals surface area contributed by atoms with Gasteiger partial charge in [-0.3, -0.25) is 9.48 Å². The van der Waals surface area contributed by atoms with Crippen LogP contribution in [-0.2, 0) is 23.0 Å². The Hall–Kier alpha value is -2.44. The molecule has 0 radical (unpaired) electrons. The molecular weight excluding hydrogens is 258 g/mol. The molecule has 0 atom stereocenters. The van der Waals surface area contributed by atoms with Crippen LogP contribution < -0.4 is 5.32 Å². The SMILES string of the molecule is Cn1cc(CCC(=O)OCCNc2cccnn2)cn1. The summed E-state index contributed by atoms with van der Waals surface area (Å²) in [5.74, 6) is 0.453. The lowest BCUT2D eigenvalue weighted by Gasteiger charge is -2.06. The average Bonchev–Trinajstić information content (AvgIpc) is 2.88. The number of esters is 1. The van der Waals surface area contributed by atoms with E-state index in [9.17, 15) is 4.79 Å². The third-order valence-corrected chi connectivity index (χ3v) is 2.62. The predicted octanol–water partition coefficient (Wildman–Crippen LogP) is 0.798. The summed E-state index contributed by atoms with van der Waals surface area (Å²) in [6.07, 6.45) is 6.25. The molecular formula is C13H17N5O2. The van der Waals surface area contributed by atoms with Crippen molar-refractivity contribution in [2.75, 3.05) is 18.5 Å². The van der Waals surface area contributed by atoms with Crippen molar-refractivity contribution in [1.29, 1.82) is 0 Å². The second-order valence-electron chi connectivity index (χ2n) is 4.28. The maximum Gasteiger partial charge on any atom is 0.306 e. The molecule has 7 nitrogen and oxygen atoms in total. The van der Waals surface area contributed by atoms with Crippen molar-refractivity contribution in [3.8, 4) is 0 Å². The first-order valence-electron chi connectivity index (χ1n) is 6.39. The van der Waals surface area contributed by atoms with Crippen molar-refractivity contribution in [3.05, 3.63) is 36.3 Å². The van der Waals surface area contributed by atoms with E-state index in [4.69, 9.17) is 4.74 Å². The van der Waals surface area contributed by atoms with Crippen LogP contribution in [0.4, 0.5) is 5.82 Å². The number of aryl methyl sites for hydroxylation is 2. The zero-order valence-electron chi connectivity index (χ0n) is 11.3. The maximum absolute atomic E-state index is 11.5. The van der Waals surface area contributed by atoms with Crippen LogP contribution in [0.5, 0.6) is 0 Å². The number of aromatic nitrogens is 4. The molecule has 0 unspecified atom stereocenters. The molecule has 0 aliphatic rings. The minimum atomic E-state index is -0.213. The highest BCUT2D eigenvalue weighted by Gasteiger charge is 2.04. The number of hydrogen-bond donors (Lipinski definition) is 1. The molecule has 0 aliphatic heterocycles. The van der Waals surface area contributed by atoms with Crippen LogP contribution >= 0.6 is 0 Å². The molecule has 0 aromatic carbocycles. The Morgan fingerprint density at radius 3 is 3.10 bits per heavy atom. The Balaban J connectivity index is 1.58. The second-order valence-corrected chi connectivity index (χ2v) is 4.28. The van der Waals surface area contributed by atoms with Gasteiger partial charge in [-0.1, -0.05) is 0 Å². The van der Waals surface area contributed by atoms with Gasteiger partial charge in [0.15, 0.2) is 0 Å². The number of carbonyl (C=O) groups is 1. The smallest absolute Gasteiger partial charge is 0.306 e. The molecule has 2 heterocycles. The van der Waals surface area contributed by atoms with Gasteiger partial charge in [0.1, 0.15) is 12.4 Å². The van der Waals surface area contributed by atoms with Crippen molar-refractivity contribution < 1.29 is 9.53 Å². The van der Waals surface area contributed by atoms with Gasteiger partial charge in [-0.15, -0.1) is 5.10 Å². The molecule has 7 heteroatoms. The van der Waals surface area contributed by atoms with Gasteiger partial charge in [0.05, 0.1) is 12.7 Å². The number of ether oxygens (including phenoxy) is 1. The van der Waals surface area contributed by atoms with Crippen LogP contribution in [0.3, 0.4) is 0 Å². The van der Waals surface area contributed by atoms with Crippen molar-refractivity contribution in [2.24, 2.45) is 7.05 Å². The summed E-state index contributed by atoms with van der Waals surface area (Å²) in [5, 5.41) is 14.7. The van der Waals surface area contributed by atoms with Crippen molar-refractivity contribution in [3.63, 3.8) is 0 Å². The standard InChI is InChI=1S/C13H17N5O2/c1-18-10-11(9-16-18)4-5-13(19)20-8-7-14-12-3-2-6-15-17-12/h2-3,6,9-10H,4-5,7-8H2,1H3,(H,14,17). The van der Waals surface area contributed by atoms with E-state index in [-0.39, 0.29) is 5.97 Å². The van der Waals surface area contributed by atoms with Crippen LogP contribution in [-0.4, -0.2) is 39.1 Å². The van der Waals surface area contributed by atoms with Crippen molar-refractivity contribution >= 4 is 11.8 Å². The van der Waals surface area contributed by atoms with Crippen LogP contribution in [0.25, 0.3) is 0 Å². The maximum atomic E-state index is 11.5. The largest absolute Gasteiger partial charge is 0.464 e. The molecule has 0 bridgehead atoms. The predicted molar refractivity (Wildman–Crippen MR) is 73.0 cm³/mol. The number of carbonyl (C=O) groups excluding carboxylic acids is 1. The van der Waals surface area contributed by atoms with Gasteiger partial charge in [-0.25, -0.2) is 0 Å². The molecule has 2 aromatic rings. The summed E-state index contributed by atoms with van der Waals surface area (Å²) in [7, 11) is 1.85. The van der Waals surface area contributed by atoms with E-state index in [1.54, 1.807) is 29.2 Å². The first kappa shape index (κ1) is 14.0. The summed E-state index contributed by atoms with van der Waals surface area (Å²) in [6.45, 7) is 0.819. The lowest BCUT2D eigenvalue weighted by Crippen LogP contribution is -2.14. The molecule has 0 saturated carbocycles. The lowest BCUT2D eigenvalue weighted by molar-refractivity contribution is -0.143. The summed E-state index contributed by atoms with van der Waals surface area (Å²) >= 11 is 0. The quantitative estimate of drug-likeness (QED) is 0.594. The molecule has 20 heavy (non-hydrogen) atoms. The topological polar surface area (TPSA) is 81.9 Å². The fourth-order valence-corrected chi connectivity index (χ4v) is 1.66. The fourth-order valence-electron chi connectivity index (χ4n) is 1.66. The Labute approximate surface area is 117 Å². The van der Waals surface area contributed by atoms with Crippen molar-refractivity contribution in [1.82, 2.24) is 20.0 Å². The third kappa shape index (κ3) is 4.68. The van der Waals surface area contributed by atoms with Crippen LogP contribution in [0.2, 0.25) is 0 Å². The van der Waals surface area contributed by atoms with E-state index in [1.807, 2.05) is 13.2 Å². The van der Waals surface area contributed by atoms with Gasteiger partial charge < -0.3 is 10.1 Å². The van der Waals surface area contributed by atoms with E-state index in [2.05, 4.69) is 20.6 Å². The van der Waals surface area contributed by atoms with E-state index >= 15 is 0 Å². The highest BCUT2D eigenvalue weighted by Crippen LogP contribution is 2.02. The first-order chi connectivity index (χ1) is 9.74. The summed E-state index contributed by atoms with van der Waals surface area (Å²) in [4.78, 5) is 11.5. The first-order valence-corrected chi connectivity index (χ1v) is 6.39. The molecule has 0 saturated heterocycles. The second kappa shape index (κ2) is 7.22. The fraction of sp³-hybridized carbons (Fsp3) is 0.385. The van der Waals surface area contributed by atoms with Crippen LogP contribution in [0, 0.1) is 0 Å². The highest BCUT2D eigenvalue weighted by molar-refractivity contribution is 5.69. The molecule has 106 valence electrons. The van der Waals surface area contributed by atoms with Crippen molar-refractivity contribution in [2.45, 2.75) is 12.8 Å². The van der Waals surface area contributed by atoms with E-state index in [0.29, 0.717) is 31.8 Å². The van der Waals surface area contributed by atoms with E-state index in [0.717, 1.165) is 5.56 Å². The Morgan fingerprint density at radius 1 is 1.50 bits per heavy atom. The molecule has 0 aliphatic carbocycles. The number of nitrogens with zero attached hydrogens (tertiary/aromatic N) is 4. The highest BCUT2D eigenvalue weighted by atomic mass is 16.5. The van der Waals surface area contributed by atoms with Crippen LogP contribution in [0.15, 0.2) is 30.7 Å². The summed E-state index contributed by atoms with van der Waals surface area (Å²) in [5.41, 5.74) is 1.03. The number of hydrogen-bond acceptors (Lipinski definition) is 6. The van der Waals surface area contributed by atoms with Gasteiger partial charge in [0, 0.05) is 25.9 Å². The lowest BCUT2D eigenvalue weighted by atomic mass is 10.2. The van der Waals surface area contributed by atoms with Gasteiger partial charge in [0.2, 0.25) is 0 Å². The van der Waals surface area contributed by atoms with E-state index < -0.39 is 0 Å².